The molecule has 0 spiro atoms. The second kappa shape index (κ2) is 11.9. The largest absolute Gasteiger partial charge is 0.497 e. The van der Waals surface area contributed by atoms with Crippen molar-refractivity contribution in [1.82, 2.24) is 15.1 Å². The van der Waals surface area contributed by atoms with Gasteiger partial charge < -0.3 is 25.0 Å². The maximum Gasteiger partial charge on any atom is 0.313 e. The summed E-state index contributed by atoms with van der Waals surface area (Å²) in [6, 6.07) is 13.9. The highest BCUT2D eigenvalue weighted by molar-refractivity contribution is 6.39. The first-order valence-electron chi connectivity index (χ1n) is 11.0. The van der Waals surface area contributed by atoms with Crippen LogP contribution in [0.15, 0.2) is 48.5 Å². The van der Waals surface area contributed by atoms with Crippen molar-refractivity contribution in [2.45, 2.75) is 6.92 Å². The molecule has 2 N–H and O–H groups in total. The van der Waals surface area contributed by atoms with Crippen molar-refractivity contribution in [2.24, 2.45) is 0 Å². The van der Waals surface area contributed by atoms with Gasteiger partial charge in [0.05, 0.1) is 13.7 Å². The normalized spacial score (nSPS) is 13.8. The number of hydrogen-bond donors (Lipinski definition) is 2. The maximum absolute atomic E-state index is 12.6. The van der Waals surface area contributed by atoms with Crippen LogP contribution in [0.4, 0.5) is 5.69 Å². The zero-order valence-corrected chi connectivity index (χ0v) is 19.0. The molecule has 176 valence electrons. The van der Waals surface area contributed by atoms with Crippen molar-refractivity contribution in [2.75, 3.05) is 58.3 Å². The van der Waals surface area contributed by atoms with E-state index in [4.69, 9.17) is 9.47 Å². The van der Waals surface area contributed by atoms with Crippen molar-refractivity contribution in [3.05, 3.63) is 54.1 Å². The van der Waals surface area contributed by atoms with Crippen LogP contribution in [-0.4, -0.2) is 80.5 Å². The van der Waals surface area contributed by atoms with Crippen molar-refractivity contribution in [3.8, 4) is 11.5 Å². The van der Waals surface area contributed by atoms with Gasteiger partial charge >= 0.3 is 11.8 Å². The Balaban J connectivity index is 1.35. The van der Waals surface area contributed by atoms with E-state index in [1.807, 2.05) is 11.8 Å². The highest BCUT2D eigenvalue weighted by Gasteiger charge is 2.22. The number of nitrogens with zero attached hydrogens (tertiary/aromatic N) is 2. The van der Waals surface area contributed by atoms with Gasteiger partial charge in [0.25, 0.3) is 5.91 Å². The molecule has 9 heteroatoms. The Labute approximate surface area is 193 Å². The summed E-state index contributed by atoms with van der Waals surface area (Å²) in [6.07, 6.45) is 0. The Morgan fingerprint density at radius 2 is 1.52 bits per heavy atom. The van der Waals surface area contributed by atoms with Gasteiger partial charge in [-0.1, -0.05) is 0 Å². The van der Waals surface area contributed by atoms with Gasteiger partial charge in [-0.15, -0.1) is 0 Å². The van der Waals surface area contributed by atoms with Crippen molar-refractivity contribution >= 4 is 23.4 Å². The smallest absolute Gasteiger partial charge is 0.313 e. The molecule has 2 aromatic rings. The monoisotopic (exact) mass is 454 g/mol. The molecule has 0 aromatic heterocycles. The molecule has 1 heterocycles. The van der Waals surface area contributed by atoms with E-state index in [1.165, 1.54) is 0 Å². The number of ether oxygens (including phenoxy) is 2. The first-order valence-corrected chi connectivity index (χ1v) is 11.0. The molecule has 3 amide bonds. The van der Waals surface area contributed by atoms with E-state index in [-0.39, 0.29) is 5.91 Å². The number of amides is 3. The van der Waals surface area contributed by atoms with Crippen LogP contribution >= 0.6 is 0 Å². The number of hydrogen-bond acceptors (Lipinski definition) is 6. The minimum absolute atomic E-state index is 0.00318. The number of anilines is 1. The average molecular weight is 455 g/mol. The van der Waals surface area contributed by atoms with Crippen molar-refractivity contribution in [3.63, 3.8) is 0 Å². The molecule has 3 rings (SSSR count). The quantitative estimate of drug-likeness (QED) is 0.588. The third-order valence-corrected chi connectivity index (χ3v) is 5.34. The molecule has 0 aliphatic carbocycles. The van der Waals surface area contributed by atoms with Gasteiger partial charge in [0, 0.05) is 50.5 Å². The average Bonchev–Trinajstić information content (AvgIpc) is 2.85. The molecule has 1 fully saturated rings. The summed E-state index contributed by atoms with van der Waals surface area (Å²) in [6.45, 7) is 6.03. The Morgan fingerprint density at radius 1 is 0.879 bits per heavy atom. The molecular weight excluding hydrogens is 424 g/mol. The van der Waals surface area contributed by atoms with E-state index in [9.17, 15) is 14.4 Å². The number of piperazine rings is 1. The lowest BCUT2D eigenvalue weighted by Gasteiger charge is -2.34. The minimum atomic E-state index is -0.714. The fourth-order valence-electron chi connectivity index (χ4n) is 3.49. The summed E-state index contributed by atoms with van der Waals surface area (Å²) >= 11 is 0. The third kappa shape index (κ3) is 6.95. The van der Waals surface area contributed by atoms with Crippen LogP contribution in [0, 0.1) is 0 Å². The number of carbonyl (C=O) groups is 3. The maximum atomic E-state index is 12.6. The number of carbonyl (C=O) groups excluding carboxylic acids is 3. The molecular formula is C24H30N4O5. The predicted molar refractivity (Wildman–Crippen MR) is 125 cm³/mol. The molecule has 33 heavy (non-hydrogen) atoms. The topological polar surface area (TPSA) is 100 Å². The molecule has 0 saturated carbocycles. The predicted octanol–water partition coefficient (Wildman–Crippen LogP) is 1.61. The van der Waals surface area contributed by atoms with E-state index < -0.39 is 11.8 Å². The van der Waals surface area contributed by atoms with Crippen LogP contribution in [-0.2, 0) is 9.59 Å². The first kappa shape index (κ1) is 24.1. The third-order valence-electron chi connectivity index (χ3n) is 5.34. The molecule has 1 aliphatic rings. The lowest BCUT2D eigenvalue weighted by molar-refractivity contribution is -0.136. The number of nitrogens with one attached hydrogen (secondary N) is 2. The fourth-order valence-corrected chi connectivity index (χ4v) is 3.49. The minimum Gasteiger partial charge on any atom is -0.497 e. The van der Waals surface area contributed by atoms with Gasteiger partial charge in [-0.2, -0.15) is 0 Å². The fraction of sp³-hybridized carbons (Fsp3) is 0.375. The van der Waals surface area contributed by atoms with E-state index in [0.717, 1.165) is 0 Å². The second-order valence-electron chi connectivity index (χ2n) is 7.53. The Morgan fingerprint density at radius 3 is 2.12 bits per heavy atom. The Hall–Kier alpha value is -3.59. The lowest BCUT2D eigenvalue weighted by Crippen LogP contribution is -2.50. The highest BCUT2D eigenvalue weighted by atomic mass is 16.5. The summed E-state index contributed by atoms with van der Waals surface area (Å²) < 4.78 is 10.5. The summed E-state index contributed by atoms with van der Waals surface area (Å²) in [7, 11) is 1.59. The van der Waals surface area contributed by atoms with Crippen LogP contribution in [0.3, 0.4) is 0 Å². The van der Waals surface area contributed by atoms with E-state index >= 15 is 0 Å². The molecule has 0 unspecified atom stereocenters. The van der Waals surface area contributed by atoms with Gasteiger partial charge in [-0.25, -0.2) is 0 Å². The molecule has 1 aliphatic heterocycles. The molecule has 9 nitrogen and oxygen atoms in total. The molecule has 0 atom stereocenters. The van der Waals surface area contributed by atoms with Crippen molar-refractivity contribution in [1.29, 1.82) is 0 Å². The molecule has 0 radical (unpaired) electrons. The van der Waals surface area contributed by atoms with Gasteiger partial charge in [-0.3, -0.25) is 19.3 Å². The molecule has 0 bridgehead atoms. The summed E-state index contributed by atoms with van der Waals surface area (Å²) in [4.78, 5) is 40.8. The molecule has 1 saturated heterocycles. The van der Waals surface area contributed by atoms with Crippen LogP contribution in [0.1, 0.15) is 17.3 Å². The van der Waals surface area contributed by atoms with Crippen molar-refractivity contribution < 1.29 is 23.9 Å². The van der Waals surface area contributed by atoms with E-state index in [2.05, 4.69) is 15.5 Å². The molecule has 2 aromatic carbocycles. The number of rotatable bonds is 8. The van der Waals surface area contributed by atoms with Gasteiger partial charge in [-0.05, 0) is 55.5 Å². The zero-order valence-electron chi connectivity index (χ0n) is 19.0. The number of benzene rings is 2. The zero-order chi connectivity index (χ0) is 23.6. The van der Waals surface area contributed by atoms with Gasteiger partial charge in [0.1, 0.15) is 11.5 Å². The summed E-state index contributed by atoms with van der Waals surface area (Å²) in [5.41, 5.74) is 1.16. The SMILES string of the molecule is CCOc1ccc(NC(=O)C(=O)NCCN2CCN(C(=O)c3ccc(OC)cc3)CC2)cc1. The van der Waals surface area contributed by atoms with Crippen LogP contribution in [0.5, 0.6) is 11.5 Å². The van der Waals surface area contributed by atoms with Crippen LogP contribution < -0.4 is 20.1 Å². The highest BCUT2D eigenvalue weighted by Crippen LogP contribution is 2.16. The van der Waals surface area contributed by atoms with E-state index in [0.29, 0.717) is 68.6 Å². The van der Waals surface area contributed by atoms with E-state index in [1.54, 1.807) is 55.6 Å². The summed E-state index contributed by atoms with van der Waals surface area (Å²) in [5.74, 6) is 0.0140. The Kier molecular flexibility index (Phi) is 8.65. The number of methoxy groups -OCH3 is 1. The standard InChI is InChI=1S/C24H30N4O5/c1-3-33-21-10-6-19(7-11-21)26-23(30)22(29)25-12-13-27-14-16-28(17-15-27)24(31)18-4-8-20(32-2)9-5-18/h4-11H,3,12-17H2,1-2H3,(H,25,29)(H,26,30). The van der Waals surface area contributed by atoms with Gasteiger partial charge in [0.15, 0.2) is 0 Å². The lowest BCUT2D eigenvalue weighted by atomic mass is 10.1. The first-order chi connectivity index (χ1) is 16.0. The Bertz CT molecular complexity index is 938. The van der Waals surface area contributed by atoms with Crippen LogP contribution in [0.2, 0.25) is 0 Å². The summed E-state index contributed by atoms with van der Waals surface area (Å²) in [5, 5.41) is 5.21. The second-order valence-corrected chi connectivity index (χ2v) is 7.53. The van der Waals surface area contributed by atoms with Crippen LogP contribution in [0.25, 0.3) is 0 Å². The van der Waals surface area contributed by atoms with Gasteiger partial charge in [0.2, 0.25) is 0 Å².